The summed E-state index contributed by atoms with van der Waals surface area (Å²) in [7, 11) is 0. The Morgan fingerprint density at radius 3 is 2.42 bits per heavy atom. The highest BCUT2D eigenvalue weighted by Crippen LogP contribution is 2.27. The zero-order valence-electron chi connectivity index (χ0n) is 18.7. The molecule has 0 aliphatic carbocycles. The Kier molecular flexibility index (Phi) is 10.1. The van der Waals surface area contributed by atoms with Gasteiger partial charge in [-0.2, -0.15) is 0 Å². The molecular weight excluding hydrogens is 429 g/mol. The van der Waals surface area contributed by atoms with Crippen molar-refractivity contribution in [3.05, 3.63) is 53.8 Å². The number of carbonyl (C=O) groups is 3. The Morgan fingerprint density at radius 2 is 1.76 bits per heavy atom. The first kappa shape index (κ1) is 25.6. The van der Waals surface area contributed by atoms with Crippen LogP contribution in [-0.4, -0.2) is 37.1 Å². The Labute approximate surface area is 192 Å². The van der Waals surface area contributed by atoms with Crippen LogP contribution in [0.5, 0.6) is 0 Å². The molecule has 0 radical (unpaired) electrons. The van der Waals surface area contributed by atoms with Crippen LogP contribution in [0.2, 0.25) is 0 Å². The van der Waals surface area contributed by atoms with Crippen LogP contribution in [0.15, 0.2) is 42.5 Å². The first-order valence-electron chi connectivity index (χ1n) is 10.7. The van der Waals surface area contributed by atoms with E-state index in [1.807, 2.05) is 0 Å². The summed E-state index contributed by atoms with van der Waals surface area (Å²) in [6.45, 7) is 4.60. The molecular formula is C23H30FN5O4. The molecule has 0 bridgehead atoms. The predicted molar refractivity (Wildman–Crippen MR) is 125 cm³/mol. The number of anilines is 3. The fourth-order valence-electron chi connectivity index (χ4n) is 2.88. The molecule has 0 spiro atoms. The lowest BCUT2D eigenvalue weighted by molar-refractivity contribution is -0.121. The lowest BCUT2D eigenvalue weighted by Gasteiger charge is -2.17. The molecule has 2 rings (SSSR count). The topological polar surface area (TPSA) is 135 Å². The zero-order valence-corrected chi connectivity index (χ0v) is 18.7. The summed E-state index contributed by atoms with van der Waals surface area (Å²) in [6, 6.07) is 10.1. The van der Waals surface area contributed by atoms with E-state index in [1.54, 1.807) is 44.2 Å². The van der Waals surface area contributed by atoms with E-state index in [-0.39, 0.29) is 31.2 Å². The van der Waals surface area contributed by atoms with Crippen molar-refractivity contribution in [3.8, 4) is 0 Å². The number of halogens is 1. The van der Waals surface area contributed by atoms with Crippen LogP contribution >= 0.6 is 0 Å². The molecule has 9 nitrogen and oxygen atoms in total. The number of amides is 3. The van der Waals surface area contributed by atoms with E-state index in [4.69, 9.17) is 10.5 Å². The maximum absolute atomic E-state index is 13.1. The molecule has 0 fully saturated rings. The van der Waals surface area contributed by atoms with Gasteiger partial charge in [0.15, 0.2) is 0 Å². The Hall–Kier alpha value is -3.66. The Morgan fingerprint density at radius 1 is 1.03 bits per heavy atom. The number of hydrogen-bond donors (Lipinski definition) is 5. The van der Waals surface area contributed by atoms with Crippen LogP contribution < -0.4 is 27.0 Å². The molecule has 0 heterocycles. The number of rotatable bonds is 11. The van der Waals surface area contributed by atoms with Gasteiger partial charge in [0.2, 0.25) is 11.8 Å². The second-order valence-electron chi connectivity index (χ2n) is 7.17. The normalized spacial score (nSPS) is 11.3. The van der Waals surface area contributed by atoms with E-state index in [0.29, 0.717) is 30.2 Å². The highest BCUT2D eigenvalue weighted by molar-refractivity contribution is 6.00. The minimum absolute atomic E-state index is 0.121. The molecule has 6 N–H and O–H groups in total. The molecule has 0 aromatic heterocycles. The van der Waals surface area contributed by atoms with E-state index in [9.17, 15) is 18.8 Å². The van der Waals surface area contributed by atoms with Gasteiger partial charge in [0.05, 0.1) is 24.0 Å². The van der Waals surface area contributed by atoms with Crippen molar-refractivity contribution in [2.75, 3.05) is 29.1 Å². The number of hydrogen-bond acceptors (Lipinski definition) is 6. The van der Waals surface area contributed by atoms with Gasteiger partial charge < -0.3 is 26.4 Å². The van der Waals surface area contributed by atoms with Crippen molar-refractivity contribution < 1.29 is 23.5 Å². The highest BCUT2D eigenvalue weighted by Gasteiger charge is 2.18. The van der Waals surface area contributed by atoms with Crippen LogP contribution in [0.1, 0.15) is 32.3 Å². The second-order valence-corrected chi connectivity index (χ2v) is 7.17. The zero-order chi connectivity index (χ0) is 24.2. The fourth-order valence-corrected chi connectivity index (χ4v) is 2.88. The number of benzene rings is 2. The van der Waals surface area contributed by atoms with Gasteiger partial charge in [-0.1, -0.05) is 12.1 Å². The van der Waals surface area contributed by atoms with E-state index in [1.165, 1.54) is 12.1 Å². The molecule has 2 aromatic rings. The van der Waals surface area contributed by atoms with Crippen molar-refractivity contribution in [1.29, 1.82) is 0 Å². The molecule has 1 atom stereocenters. The summed E-state index contributed by atoms with van der Waals surface area (Å²) in [4.78, 5) is 36.1. The fraction of sp³-hybridized carbons (Fsp3) is 0.348. The first-order chi connectivity index (χ1) is 15.8. The third kappa shape index (κ3) is 8.77. The molecule has 3 amide bonds. The smallest absolute Gasteiger partial charge is 0.411 e. The maximum Gasteiger partial charge on any atom is 0.411 e. The molecule has 33 heavy (non-hydrogen) atoms. The van der Waals surface area contributed by atoms with Crippen molar-refractivity contribution in [2.24, 2.45) is 5.73 Å². The number of nitrogens with two attached hydrogens (primary N) is 1. The Balaban J connectivity index is 2.11. The van der Waals surface area contributed by atoms with Gasteiger partial charge in [-0.3, -0.25) is 14.9 Å². The molecule has 0 aliphatic heterocycles. The summed E-state index contributed by atoms with van der Waals surface area (Å²) < 4.78 is 18.0. The van der Waals surface area contributed by atoms with Gasteiger partial charge in [0, 0.05) is 25.2 Å². The van der Waals surface area contributed by atoms with Crippen molar-refractivity contribution >= 4 is 35.0 Å². The van der Waals surface area contributed by atoms with E-state index < -0.39 is 18.0 Å². The standard InChI is InChI=1S/C23H30FN5O4/c1-3-26-21(30)12-10-18(25)22(31)28-20-13-17(9-11-19(20)29-23(32)33-4-2)27-14-15-5-7-16(24)8-6-15/h5-9,11,13,18,27H,3-4,10,12,14,25H2,1-2H3,(H,26,30)(H,28,31)(H,29,32)/t18-/m0/s1. The van der Waals surface area contributed by atoms with E-state index in [0.717, 1.165) is 5.56 Å². The van der Waals surface area contributed by atoms with Gasteiger partial charge in [-0.25, -0.2) is 9.18 Å². The lowest BCUT2D eigenvalue weighted by atomic mass is 10.1. The number of carbonyl (C=O) groups excluding carboxylic acids is 3. The average molecular weight is 460 g/mol. The third-order valence-electron chi connectivity index (χ3n) is 4.59. The molecule has 0 saturated carbocycles. The summed E-state index contributed by atoms with van der Waals surface area (Å²) in [5.74, 6) is -0.999. The SMILES string of the molecule is CCNC(=O)CC[C@H](N)C(=O)Nc1cc(NCc2ccc(F)cc2)ccc1NC(=O)OCC. The average Bonchev–Trinajstić information content (AvgIpc) is 2.79. The second kappa shape index (κ2) is 13.0. The van der Waals surface area contributed by atoms with E-state index in [2.05, 4.69) is 21.3 Å². The molecule has 2 aromatic carbocycles. The largest absolute Gasteiger partial charge is 0.450 e. The van der Waals surface area contributed by atoms with Gasteiger partial charge in [0.1, 0.15) is 5.82 Å². The molecule has 10 heteroatoms. The molecule has 0 aliphatic rings. The summed E-state index contributed by atoms with van der Waals surface area (Å²) in [6.07, 6.45) is -0.378. The highest BCUT2D eigenvalue weighted by atomic mass is 19.1. The summed E-state index contributed by atoms with van der Waals surface area (Å²) in [5.41, 5.74) is 8.09. The van der Waals surface area contributed by atoms with Crippen LogP contribution in [0.25, 0.3) is 0 Å². The number of ether oxygens (including phenoxy) is 1. The van der Waals surface area contributed by atoms with Crippen LogP contribution in [0.3, 0.4) is 0 Å². The summed E-state index contributed by atoms with van der Waals surface area (Å²) >= 11 is 0. The van der Waals surface area contributed by atoms with Gasteiger partial charge in [-0.15, -0.1) is 0 Å². The minimum atomic E-state index is -0.918. The van der Waals surface area contributed by atoms with Crippen LogP contribution in [0.4, 0.5) is 26.2 Å². The van der Waals surface area contributed by atoms with Crippen LogP contribution in [-0.2, 0) is 20.9 Å². The minimum Gasteiger partial charge on any atom is -0.450 e. The van der Waals surface area contributed by atoms with Crippen molar-refractivity contribution in [2.45, 2.75) is 39.3 Å². The number of nitrogens with one attached hydrogen (secondary N) is 4. The lowest BCUT2D eigenvalue weighted by Crippen LogP contribution is -2.37. The van der Waals surface area contributed by atoms with Gasteiger partial charge in [-0.05, 0) is 56.2 Å². The van der Waals surface area contributed by atoms with E-state index >= 15 is 0 Å². The maximum atomic E-state index is 13.1. The molecule has 0 saturated heterocycles. The summed E-state index contributed by atoms with van der Waals surface area (Å²) in [5, 5.41) is 11.1. The predicted octanol–water partition coefficient (Wildman–Crippen LogP) is 3.19. The quantitative estimate of drug-likeness (QED) is 0.350. The van der Waals surface area contributed by atoms with Crippen LogP contribution in [0, 0.1) is 5.82 Å². The van der Waals surface area contributed by atoms with Crippen molar-refractivity contribution in [3.63, 3.8) is 0 Å². The monoisotopic (exact) mass is 459 g/mol. The Bertz CT molecular complexity index is 952. The molecule has 178 valence electrons. The van der Waals surface area contributed by atoms with Crippen molar-refractivity contribution in [1.82, 2.24) is 5.32 Å². The third-order valence-corrected chi connectivity index (χ3v) is 4.59. The van der Waals surface area contributed by atoms with Gasteiger partial charge >= 0.3 is 6.09 Å². The van der Waals surface area contributed by atoms with Gasteiger partial charge in [0.25, 0.3) is 0 Å². The first-order valence-corrected chi connectivity index (χ1v) is 10.7. The molecule has 0 unspecified atom stereocenters.